The summed E-state index contributed by atoms with van der Waals surface area (Å²) >= 11 is 4.92. The summed E-state index contributed by atoms with van der Waals surface area (Å²) in [7, 11) is -3.60. The molecule has 1 aromatic rings. The van der Waals surface area contributed by atoms with Crippen molar-refractivity contribution in [3.8, 4) is 0 Å². The zero-order valence-electron chi connectivity index (χ0n) is 12.1. The minimum atomic E-state index is -3.60. The third-order valence-corrected chi connectivity index (χ3v) is 4.74. The third-order valence-electron chi connectivity index (χ3n) is 3.03. The number of hydrogen-bond acceptors (Lipinski definition) is 3. The highest BCUT2D eigenvalue weighted by Crippen LogP contribution is 2.14. The maximum Gasteiger partial charge on any atom is 0.241 e. The van der Waals surface area contributed by atoms with Crippen LogP contribution in [0.4, 0.5) is 0 Å². The molecule has 4 nitrogen and oxygen atoms in total. The Labute approximate surface area is 126 Å². The molecule has 3 N–H and O–H groups in total. The summed E-state index contributed by atoms with van der Waals surface area (Å²) in [5, 5.41) is 0. The van der Waals surface area contributed by atoms with E-state index in [1.54, 1.807) is 12.1 Å². The molecule has 0 spiro atoms. The molecule has 0 bridgehead atoms. The summed E-state index contributed by atoms with van der Waals surface area (Å²) in [6.07, 6.45) is 1.97. The fraction of sp³-hybridized carbons (Fsp3) is 0.500. The van der Waals surface area contributed by atoms with Gasteiger partial charge in [-0.1, -0.05) is 51.5 Å². The van der Waals surface area contributed by atoms with Gasteiger partial charge >= 0.3 is 0 Å². The van der Waals surface area contributed by atoms with Crippen molar-refractivity contribution in [1.29, 1.82) is 0 Å². The van der Waals surface area contributed by atoms with Gasteiger partial charge in [-0.3, -0.25) is 0 Å². The molecular weight excluding hydrogens is 292 g/mol. The lowest BCUT2D eigenvalue weighted by molar-refractivity contribution is 0.526. The minimum absolute atomic E-state index is 0.00152. The fourth-order valence-corrected chi connectivity index (χ4v) is 3.65. The van der Waals surface area contributed by atoms with Crippen LogP contribution in [0, 0.1) is 5.92 Å². The summed E-state index contributed by atoms with van der Waals surface area (Å²) in [4.78, 5) is 0.394. The predicted molar refractivity (Wildman–Crippen MR) is 86.2 cm³/mol. The zero-order valence-corrected chi connectivity index (χ0v) is 13.7. The van der Waals surface area contributed by atoms with Crippen molar-refractivity contribution in [2.24, 2.45) is 11.7 Å². The third kappa shape index (κ3) is 4.54. The number of nitrogens with two attached hydrogens (primary N) is 1. The molecule has 0 fully saturated rings. The molecule has 0 saturated carbocycles. The minimum Gasteiger partial charge on any atom is -0.392 e. The first kappa shape index (κ1) is 17.1. The standard InChI is InChI=1S/C14H22N2O2S2/c1-4-5-11-6-8-12(9-7-11)20(17,18)16-13(10(2)3)14(15)19/h6-10,13,16H,4-5H2,1-3H3,(H2,15,19). The normalized spacial score (nSPS) is 13.4. The molecule has 1 aromatic carbocycles. The van der Waals surface area contributed by atoms with Gasteiger partial charge in [-0.25, -0.2) is 13.1 Å². The Morgan fingerprint density at radius 2 is 1.85 bits per heavy atom. The Hall–Kier alpha value is -0.980. The summed E-state index contributed by atoms with van der Waals surface area (Å²) in [6.45, 7) is 5.83. The second-order valence-corrected chi connectivity index (χ2v) is 7.32. The van der Waals surface area contributed by atoms with Crippen molar-refractivity contribution in [3.05, 3.63) is 29.8 Å². The summed E-state index contributed by atoms with van der Waals surface area (Å²) in [5.74, 6) is 0.00152. The highest BCUT2D eigenvalue weighted by Gasteiger charge is 2.24. The van der Waals surface area contributed by atoms with E-state index in [4.69, 9.17) is 18.0 Å². The van der Waals surface area contributed by atoms with Gasteiger partial charge in [0.1, 0.15) is 0 Å². The van der Waals surface area contributed by atoms with Crippen molar-refractivity contribution in [3.63, 3.8) is 0 Å². The van der Waals surface area contributed by atoms with E-state index in [9.17, 15) is 8.42 Å². The van der Waals surface area contributed by atoms with Gasteiger partial charge in [0.05, 0.1) is 15.9 Å². The molecule has 6 heteroatoms. The summed E-state index contributed by atoms with van der Waals surface area (Å²) < 4.78 is 27.2. The second kappa shape index (κ2) is 7.15. The lowest BCUT2D eigenvalue weighted by Gasteiger charge is -2.21. The van der Waals surface area contributed by atoms with Crippen LogP contribution in [0.5, 0.6) is 0 Å². The van der Waals surface area contributed by atoms with Crippen LogP contribution in [0.1, 0.15) is 32.8 Å². The number of nitrogens with one attached hydrogen (secondary N) is 1. The van der Waals surface area contributed by atoms with Gasteiger partial charge in [-0.15, -0.1) is 0 Å². The van der Waals surface area contributed by atoms with E-state index in [0.29, 0.717) is 0 Å². The van der Waals surface area contributed by atoms with Gasteiger partial charge in [0.2, 0.25) is 10.0 Å². The molecular formula is C14H22N2O2S2. The van der Waals surface area contributed by atoms with Gasteiger partial charge < -0.3 is 5.73 Å². The molecule has 0 aliphatic heterocycles. The molecule has 1 rings (SSSR count). The SMILES string of the molecule is CCCc1ccc(S(=O)(=O)NC(C(N)=S)C(C)C)cc1. The summed E-state index contributed by atoms with van der Waals surface area (Å²) in [5.41, 5.74) is 6.72. The van der Waals surface area contributed by atoms with Crippen molar-refractivity contribution in [2.45, 2.75) is 44.6 Å². The Morgan fingerprint density at radius 1 is 1.30 bits per heavy atom. The molecule has 0 saturated heterocycles. The molecule has 0 amide bonds. The van der Waals surface area contributed by atoms with Gasteiger partial charge in [0.25, 0.3) is 0 Å². The van der Waals surface area contributed by atoms with E-state index in [2.05, 4.69) is 11.6 Å². The lowest BCUT2D eigenvalue weighted by Crippen LogP contribution is -2.46. The first-order valence-corrected chi connectivity index (χ1v) is 8.57. The number of thiocarbonyl (C=S) groups is 1. The van der Waals surface area contributed by atoms with E-state index < -0.39 is 16.1 Å². The smallest absolute Gasteiger partial charge is 0.241 e. The fourth-order valence-electron chi connectivity index (χ4n) is 1.88. The van der Waals surface area contributed by atoms with E-state index in [-0.39, 0.29) is 15.8 Å². The van der Waals surface area contributed by atoms with Gasteiger partial charge in [0, 0.05) is 0 Å². The first-order chi connectivity index (χ1) is 9.27. The molecule has 20 heavy (non-hydrogen) atoms. The van der Waals surface area contributed by atoms with Crippen LogP contribution in [-0.2, 0) is 16.4 Å². The topological polar surface area (TPSA) is 72.2 Å². The maximum absolute atomic E-state index is 12.3. The average molecular weight is 314 g/mol. The molecule has 0 aromatic heterocycles. The van der Waals surface area contributed by atoms with Crippen molar-refractivity contribution in [1.82, 2.24) is 4.72 Å². The second-order valence-electron chi connectivity index (χ2n) is 5.14. The molecule has 1 atom stereocenters. The number of hydrogen-bond donors (Lipinski definition) is 2. The van der Waals surface area contributed by atoms with Crippen LogP contribution in [0.3, 0.4) is 0 Å². The quantitative estimate of drug-likeness (QED) is 0.757. The highest BCUT2D eigenvalue weighted by molar-refractivity contribution is 7.89. The predicted octanol–water partition coefficient (Wildman–Crippen LogP) is 2.23. The monoisotopic (exact) mass is 314 g/mol. The molecule has 0 aliphatic rings. The van der Waals surface area contributed by atoms with E-state index in [1.165, 1.54) is 0 Å². The van der Waals surface area contributed by atoms with Crippen LogP contribution in [0.15, 0.2) is 29.2 Å². The van der Waals surface area contributed by atoms with Crippen molar-refractivity contribution < 1.29 is 8.42 Å². The number of benzene rings is 1. The van der Waals surface area contributed by atoms with Crippen LogP contribution in [0.25, 0.3) is 0 Å². The number of aryl methyl sites for hydroxylation is 1. The average Bonchev–Trinajstić information content (AvgIpc) is 2.36. The lowest BCUT2D eigenvalue weighted by atomic mass is 10.1. The Kier molecular flexibility index (Phi) is 6.10. The molecule has 0 aliphatic carbocycles. The number of sulfonamides is 1. The largest absolute Gasteiger partial charge is 0.392 e. The van der Waals surface area contributed by atoms with E-state index in [1.807, 2.05) is 26.0 Å². The Bertz CT molecular complexity index is 551. The molecule has 112 valence electrons. The number of rotatable bonds is 7. The van der Waals surface area contributed by atoms with Crippen LogP contribution >= 0.6 is 12.2 Å². The van der Waals surface area contributed by atoms with E-state index >= 15 is 0 Å². The van der Waals surface area contributed by atoms with Gasteiger partial charge in [-0.2, -0.15) is 0 Å². The molecule has 0 heterocycles. The van der Waals surface area contributed by atoms with Gasteiger partial charge in [0.15, 0.2) is 0 Å². The van der Waals surface area contributed by atoms with Crippen molar-refractivity contribution in [2.75, 3.05) is 0 Å². The molecule has 1 unspecified atom stereocenters. The highest BCUT2D eigenvalue weighted by atomic mass is 32.2. The van der Waals surface area contributed by atoms with Crippen LogP contribution < -0.4 is 10.5 Å². The van der Waals surface area contributed by atoms with Crippen molar-refractivity contribution >= 4 is 27.2 Å². The maximum atomic E-state index is 12.3. The van der Waals surface area contributed by atoms with Crippen LogP contribution in [-0.4, -0.2) is 19.4 Å². The Morgan fingerprint density at radius 3 is 2.25 bits per heavy atom. The van der Waals surface area contributed by atoms with Gasteiger partial charge in [-0.05, 0) is 30.0 Å². The molecule has 0 radical (unpaired) electrons. The zero-order chi connectivity index (χ0) is 15.3. The Balaban J connectivity index is 2.95. The van der Waals surface area contributed by atoms with E-state index in [0.717, 1.165) is 18.4 Å². The summed E-state index contributed by atoms with van der Waals surface area (Å²) in [6, 6.07) is 6.37. The first-order valence-electron chi connectivity index (χ1n) is 6.68. The van der Waals surface area contributed by atoms with Crippen LogP contribution in [0.2, 0.25) is 0 Å².